The Morgan fingerprint density at radius 1 is 1.64 bits per heavy atom. The van der Waals surface area contributed by atoms with Crippen LogP contribution in [0, 0.1) is 16.0 Å². The Kier molecular flexibility index (Phi) is 2.22. The SMILES string of the molecule is C[C@@H]1CCC(=O)[C@@H]([N+](=O)[O-])C1. The van der Waals surface area contributed by atoms with E-state index in [-0.39, 0.29) is 5.78 Å². The van der Waals surface area contributed by atoms with Crippen LogP contribution in [0.1, 0.15) is 26.2 Å². The second-order valence-corrected chi connectivity index (χ2v) is 3.15. The first-order chi connectivity index (χ1) is 5.11. The molecule has 0 spiro atoms. The molecule has 11 heavy (non-hydrogen) atoms. The third-order valence-corrected chi connectivity index (χ3v) is 2.14. The van der Waals surface area contributed by atoms with Gasteiger partial charge in [-0.1, -0.05) is 6.92 Å². The van der Waals surface area contributed by atoms with Crippen molar-refractivity contribution in [3.63, 3.8) is 0 Å². The van der Waals surface area contributed by atoms with Crippen LogP contribution in [0.5, 0.6) is 0 Å². The Hall–Kier alpha value is -0.930. The standard InChI is InChI=1S/C7H11NO3/c1-5-2-3-7(9)6(4-5)8(10)11/h5-6H,2-4H2,1H3/t5-,6+/m1/s1. The van der Waals surface area contributed by atoms with Gasteiger partial charge in [0.25, 0.3) is 6.04 Å². The van der Waals surface area contributed by atoms with Crippen LogP contribution < -0.4 is 0 Å². The quantitative estimate of drug-likeness (QED) is 0.421. The van der Waals surface area contributed by atoms with Gasteiger partial charge in [0.05, 0.1) is 0 Å². The van der Waals surface area contributed by atoms with E-state index in [1.807, 2.05) is 6.92 Å². The van der Waals surface area contributed by atoms with Crippen LogP contribution in [0.4, 0.5) is 0 Å². The van der Waals surface area contributed by atoms with Gasteiger partial charge >= 0.3 is 0 Å². The van der Waals surface area contributed by atoms with E-state index in [4.69, 9.17) is 0 Å². The fraction of sp³-hybridized carbons (Fsp3) is 0.857. The molecule has 1 aliphatic rings. The Morgan fingerprint density at radius 2 is 2.27 bits per heavy atom. The van der Waals surface area contributed by atoms with Crippen molar-refractivity contribution in [3.8, 4) is 0 Å². The number of rotatable bonds is 1. The fourth-order valence-electron chi connectivity index (χ4n) is 1.39. The fourth-order valence-corrected chi connectivity index (χ4v) is 1.39. The summed E-state index contributed by atoms with van der Waals surface area (Å²) in [5.41, 5.74) is 0. The molecule has 0 bridgehead atoms. The number of carbonyl (C=O) groups is 1. The molecule has 1 fully saturated rings. The molecule has 0 amide bonds. The zero-order valence-corrected chi connectivity index (χ0v) is 6.45. The molecule has 0 unspecified atom stereocenters. The monoisotopic (exact) mass is 157 g/mol. The number of hydrogen-bond acceptors (Lipinski definition) is 3. The minimum Gasteiger partial charge on any atom is -0.292 e. The van der Waals surface area contributed by atoms with Gasteiger partial charge in [-0.3, -0.25) is 14.9 Å². The maximum absolute atomic E-state index is 10.9. The normalized spacial score (nSPS) is 31.9. The van der Waals surface area contributed by atoms with Gasteiger partial charge in [0.1, 0.15) is 0 Å². The van der Waals surface area contributed by atoms with Crippen LogP contribution >= 0.6 is 0 Å². The smallest absolute Gasteiger partial charge is 0.270 e. The van der Waals surface area contributed by atoms with Gasteiger partial charge in [-0.05, 0) is 12.3 Å². The molecule has 1 rings (SSSR count). The molecule has 0 radical (unpaired) electrons. The van der Waals surface area contributed by atoms with Crippen LogP contribution in [0.2, 0.25) is 0 Å². The zero-order valence-electron chi connectivity index (χ0n) is 6.45. The molecule has 0 aromatic carbocycles. The van der Waals surface area contributed by atoms with E-state index in [9.17, 15) is 14.9 Å². The Labute approximate surface area is 64.7 Å². The van der Waals surface area contributed by atoms with Crippen LogP contribution in [0.25, 0.3) is 0 Å². The number of nitrogens with zero attached hydrogens (tertiary/aromatic N) is 1. The number of ketones is 1. The summed E-state index contributed by atoms with van der Waals surface area (Å²) in [7, 11) is 0. The van der Waals surface area contributed by atoms with E-state index in [1.54, 1.807) is 0 Å². The second kappa shape index (κ2) is 2.98. The lowest BCUT2D eigenvalue weighted by Crippen LogP contribution is -2.35. The number of carbonyl (C=O) groups excluding carboxylic acids is 1. The van der Waals surface area contributed by atoms with Gasteiger partial charge in [-0.2, -0.15) is 0 Å². The molecule has 0 saturated heterocycles. The lowest BCUT2D eigenvalue weighted by atomic mass is 9.86. The van der Waals surface area contributed by atoms with Crippen molar-refractivity contribution in [2.45, 2.75) is 32.2 Å². The van der Waals surface area contributed by atoms with Crippen LogP contribution in [0.3, 0.4) is 0 Å². The first-order valence-electron chi connectivity index (χ1n) is 3.77. The first-order valence-corrected chi connectivity index (χ1v) is 3.77. The molecule has 0 heterocycles. The van der Waals surface area contributed by atoms with Gasteiger partial charge < -0.3 is 0 Å². The molecule has 2 atom stereocenters. The molecule has 4 nitrogen and oxygen atoms in total. The summed E-state index contributed by atoms with van der Waals surface area (Å²) in [5.74, 6) is 0.121. The summed E-state index contributed by atoms with van der Waals surface area (Å²) < 4.78 is 0. The Morgan fingerprint density at radius 3 is 2.73 bits per heavy atom. The van der Waals surface area contributed by atoms with Gasteiger partial charge in [0.2, 0.25) is 5.78 Å². The summed E-state index contributed by atoms with van der Waals surface area (Å²) in [6.45, 7) is 1.95. The topological polar surface area (TPSA) is 60.2 Å². The molecule has 0 N–H and O–H groups in total. The van der Waals surface area contributed by atoms with Crippen LogP contribution in [-0.2, 0) is 4.79 Å². The lowest BCUT2D eigenvalue weighted by Gasteiger charge is -2.19. The van der Waals surface area contributed by atoms with E-state index in [2.05, 4.69) is 0 Å². The maximum Gasteiger partial charge on any atom is 0.270 e. The average Bonchev–Trinajstić information content (AvgIpc) is 1.94. The Balaban J connectivity index is 2.61. The third-order valence-electron chi connectivity index (χ3n) is 2.14. The predicted octanol–water partition coefficient (Wildman–Crippen LogP) is 1.02. The van der Waals surface area contributed by atoms with Crippen LogP contribution in [-0.4, -0.2) is 16.7 Å². The van der Waals surface area contributed by atoms with E-state index in [0.717, 1.165) is 6.42 Å². The molecule has 0 aliphatic heterocycles. The van der Waals surface area contributed by atoms with Crippen molar-refractivity contribution < 1.29 is 9.72 Å². The van der Waals surface area contributed by atoms with Crippen LogP contribution in [0.15, 0.2) is 0 Å². The summed E-state index contributed by atoms with van der Waals surface area (Å²) in [5, 5.41) is 10.3. The summed E-state index contributed by atoms with van der Waals surface area (Å²) in [6, 6.07) is -0.918. The highest BCUT2D eigenvalue weighted by Gasteiger charge is 2.34. The minimum atomic E-state index is -0.918. The second-order valence-electron chi connectivity index (χ2n) is 3.15. The molecular weight excluding hydrogens is 146 g/mol. The van der Waals surface area contributed by atoms with Crippen molar-refractivity contribution in [1.82, 2.24) is 0 Å². The van der Waals surface area contributed by atoms with Crippen molar-refractivity contribution in [1.29, 1.82) is 0 Å². The van der Waals surface area contributed by atoms with Gasteiger partial charge in [0.15, 0.2) is 0 Å². The highest BCUT2D eigenvalue weighted by atomic mass is 16.6. The largest absolute Gasteiger partial charge is 0.292 e. The van der Waals surface area contributed by atoms with Gasteiger partial charge in [0, 0.05) is 17.8 Å². The van der Waals surface area contributed by atoms with E-state index in [0.29, 0.717) is 18.8 Å². The molecule has 1 aliphatic carbocycles. The highest BCUT2D eigenvalue weighted by molar-refractivity contribution is 5.83. The number of hydrogen-bond donors (Lipinski definition) is 0. The zero-order chi connectivity index (χ0) is 8.43. The first kappa shape index (κ1) is 8.17. The molecule has 0 aromatic rings. The van der Waals surface area contributed by atoms with Gasteiger partial charge in [-0.15, -0.1) is 0 Å². The van der Waals surface area contributed by atoms with Crippen molar-refractivity contribution in [2.75, 3.05) is 0 Å². The van der Waals surface area contributed by atoms with Crippen molar-refractivity contribution in [2.24, 2.45) is 5.92 Å². The maximum atomic E-state index is 10.9. The molecule has 62 valence electrons. The van der Waals surface area contributed by atoms with E-state index in [1.165, 1.54) is 0 Å². The van der Waals surface area contributed by atoms with Gasteiger partial charge in [-0.25, -0.2) is 0 Å². The summed E-state index contributed by atoms with van der Waals surface area (Å²) in [4.78, 5) is 20.8. The minimum absolute atomic E-state index is 0.201. The van der Waals surface area contributed by atoms with Crippen molar-refractivity contribution in [3.05, 3.63) is 10.1 Å². The molecule has 1 saturated carbocycles. The molecular formula is C7H11NO3. The summed E-state index contributed by atoms with van der Waals surface area (Å²) >= 11 is 0. The van der Waals surface area contributed by atoms with Crippen molar-refractivity contribution >= 4 is 5.78 Å². The number of Topliss-reactive ketones (excluding diaryl/α,β-unsaturated/α-hetero) is 1. The Bertz CT molecular complexity index is 190. The highest BCUT2D eigenvalue weighted by Crippen LogP contribution is 2.22. The van der Waals surface area contributed by atoms with E-state index < -0.39 is 11.0 Å². The molecule has 4 heteroatoms. The van der Waals surface area contributed by atoms with E-state index >= 15 is 0 Å². The molecule has 0 aromatic heterocycles. The number of nitro groups is 1. The lowest BCUT2D eigenvalue weighted by molar-refractivity contribution is -0.510. The predicted molar refractivity (Wildman–Crippen MR) is 38.8 cm³/mol. The average molecular weight is 157 g/mol. The summed E-state index contributed by atoms with van der Waals surface area (Å²) in [6.07, 6.45) is 1.61. The third kappa shape index (κ3) is 1.76.